The number of carbonyl (C=O) groups is 2. The van der Waals surface area contributed by atoms with E-state index in [4.69, 9.17) is 9.84 Å². The van der Waals surface area contributed by atoms with Crippen molar-refractivity contribution in [2.24, 2.45) is 0 Å². The van der Waals surface area contributed by atoms with Crippen LogP contribution >= 0.6 is 0 Å². The molecule has 1 aliphatic rings. The number of amides is 1. The summed E-state index contributed by atoms with van der Waals surface area (Å²) in [5, 5.41) is 11.6. The lowest BCUT2D eigenvalue weighted by Crippen LogP contribution is -2.50. The van der Waals surface area contributed by atoms with Gasteiger partial charge in [0.2, 0.25) is 5.91 Å². The molecule has 0 aromatic heterocycles. The van der Waals surface area contributed by atoms with Crippen LogP contribution in [0, 0.1) is 0 Å². The predicted molar refractivity (Wildman–Crippen MR) is 48.8 cm³/mol. The summed E-state index contributed by atoms with van der Waals surface area (Å²) in [5.41, 5.74) is -1.16. The van der Waals surface area contributed by atoms with Gasteiger partial charge in [0.1, 0.15) is 0 Å². The largest absolute Gasteiger partial charge is 0.479 e. The van der Waals surface area contributed by atoms with Crippen molar-refractivity contribution in [3.05, 3.63) is 0 Å². The fraction of sp³-hybridized carbons (Fsp3) is 0.778. The summed E-state index contributed by atoms with van der Waals surface area (Å²) in [6.07, 6.45) is 0.990. The number of carbonyl (C=O) groups excluding carboxylic acids is 1. The number of hydrogen-bond donors (Lipinski definition) is 2. The molecular weight excluding hydrogens is 186 g/mol. The second-order valence-corrected chi connectivity index (χ2v) is 3.77. The molecule has 1 fully saturated rings. The molecular formula is C9H15NO4. The molecule has 1 saturated heterocycles. The molecule has 0 radical (unpaired) electrons. The molecule has 2 N–H and O–H groups in total. The first-order valence-electron chi connectivity index (χ1n) is 4.58. The van der Waals surface area contributed by atoms with Crippen molar-refractivity contribution in [3.63, 3.8) is 0 Å². The lowest BCUT2D eigenvalue weighted by atomic mass is 9.92. The first-order chi connectivity index (χ1) is 6.44. The van der Waals surface area contributed by atoms with Crippen LogP contribution in [0.15, 0.2) is 0 Å². The molecule has 0 bridgehead atoms. The van der Waals surface area contributed by atoms with Gasteiger partial charge >= 0.3 is 5.97 Å². The van der Waals surface area contributed by atoms with Crippen molar-refractivity contribution in [2.45, 2.75) is 38.3 Å². The Morgan fingerprint density at radius 1 is 1.57 bits per heavy atom. The Labute approximate surface area is 82.4 Å². The molecule has 1 heterocycles. The van der Waals surface area contributed by atoms with E-state index in [1.54, 1.807) is 0 Å². The van der Waals surface area contributed by atoms with E-state index in [9.17, 15) is 9.59 Å². The maximum absolute atomic E-state index is 10.9. The van der Waals surface area contributed by atoms with Gasteiger partial charge in [-0.15, -0.1) is 0 Å². The van der Waals surface area contributed by atoms with Crippen LogP contribution in [0.4, 0.5) is 0 Å². The summed E-state index contributed by atoms with van der Waals surface area (Å²) in [4.78, 5) is 21.7. The van der Waals surface area contributed by atoms with Gasteiger partial charge in [-0.3, -0.25) is 4.79 Å². The fourth-order valence-electron chi connectivity index (χ4n) is 1.62. The highest BCUT2D eigenvalue weighted by Gasteiger charge is 2.40. The fourth-order valence-corrected chi connectivity index (χ4v) is 1.62. The van der Waals surface area contributed by atoms with Gasteiger partial charge in [0.25, 0.3) is 0 Å². The van der Waals surface area contributed by atoms with Crippen LogP contribution in [0.3, 0.4) is 0 Å². The zero-order chi connectivity index (χ0) is 10.8. The van der Waals surface area contributed by atoms with Gasteiger partial charge in [-0.1, -0.05) is 0 Å². The monoisotopic (exact) mass is 201 g/mol. The van der Waals surface area contributed by atoms with Crippen LogP contribution < -0.4 is 5.32 Å². The van der Waals surface area contributed by atoms with E-state index in [1.807, 2.05) is 0 Å². The standard InChI is InChI=1S/C9H15NO4/c1-6(11)10-7-3-4-14-9(2,5-7)8(12)13/h7H,3-5H2,1-2H3,(H,10,11)(H,12,13). The average molecular weight is 201 g/mol. The number of rotatable bonds is 2. The molecule has 1 amide bonds. The van der Waals surface area contributed by atoms with Crippen molar-refractivity contribution in [1.82, 2.24) is 5.32 Å². The summed E-state index contributed by atoms with van der Waals surface area (Å²) in [6, 6.07) is -0.0950. The van der Waals surface area contributed by atoms with Crippen LogP contribution in [0.1, 0.15) is 26.7 Å². The summed E-state index contributed by atoms with van der Waals surface area (Å²) < 4.78 is 5.19. The third-order valence-corrected chi connectivity index (χ3v) is 2.38. The van der Waals surface area contributed by atoms with Gasteiger partial charge in [0.05, 0.1) is 6.61 Å². The Kier molecular flexibility index (Phi) is 3.10. The number of carboxylic acid groups (broad SMARTS) is 1. The Morgan fingerprint density at radius 3 is 2.71 bits per heavy atom. The highest BCUT2D eigenvalue weighted by atomic mass is 16.5. The van der Waals surface area contributed by atoms with Gasteiger partial charge in [-0.05, 0) is 13.3 Å². The maximum atomic E-state index is 10.9. The molecule has 80 valence electrons. The minimum atomic E-state index is -1.16. The second kappa shape index (κ2) is 3.96. The number of carboxylic acids is 1. The van der Waals surface area contributed by atoms with E-state index in [0.717, 1.165) is 0 Å². The number of ether oxygens (including phenoxy) is 1. The molecule has 2 atom stereocenters. The van der Waals surface area contributed by atoms with Crippen molar-refractivity contribution in [1.29, 1.82) is 0 Å². The highest BCUT2D eigenvalue weighted by Crippen LogP contribution is 2.24. The maximum Gasteiger partial charge on any atom is 0.335 e. The molecule has 5 nitrogen and oxygen atoms in total. The van der Waals surface area contributed by atoms with E-state index in [1.165, 1.54) is 13.8 Å². The quantitative estimate of drug-likeness (QED) is 0.666. The Balaban J connectivity index is 2.59. The Bertz CT molecular complexity index is 253. The van der Waals surface area contributed by atoms with E-state index in [-0.39, 0.29) is 11.9 Å². The summed E-state index contributed by atoms with van der Waals surface area (Å²) in [5.74, 6) is -1.11. The van der Waals surface area contributed by atoms with E-state index in [0.29, 0.717) is 19.4 Å². The average Bonchev–Trinajstić information content (AvgIpc) is 2.02. The molecule has 1 rings (SSSR count). The lowest BCUT2D eigenvalue weighted by molar-refractivity contribution is -0.171. The summed E-state index contributed by atoms with van der Waals surface area (Å²) in [7, 11) is 0. The van der Waals surface area contributed by atoms with Gasteiger partial charge in [0.15, 0.2) is 5.60 Å². The van der Waals surface area contributed by atoms with E-state index >= 15 is 0 Å². The Hall–Kier alpha value is -1.10. The third-order valence-electron chi connectivity index (χ3n) is 2.38. The molecule has 0 aromatic carbocycles. The topological polar surface area (TPSA) is 75.6 Å². The van der Waals surface area contributed by atoms with Crippen molar-refractivity contribution in [2.75, 3.05) is 6.61 Å². The van der Waals surface area contributed by atoms with Crippen LogP contribution in [-0.2, 0) is 14.3 Å². The van der Waals surface area contributed by atoms with Crippen molar-refractivity contribution < 1.29 is 19.4 Å². The molecule has 14 heavy (non-hydrogen) atoms. The minimum absolute atomic E-state index is 0.0950. The minimum Gasteiger partial charge on any atom is -0.479 e. The molecule has 5 heteroatoms. The summed E-state index contributed by atoms with van der Waals surface area (Å²) >= 11 is 0. The molecule has 2 unspecified atom stereocenters. The van der Waals surface area contributed by atoms with Crippen molar-refractivity contribution >= 4 is 11.9 Å². The van der Waals surface area contributed by atoms with E-state index < -0.39 is 11.6 Å². The Morgan fingerprint density at radius 2 is 2.21 bits per heavy atom. The van der Waals surface area contributed by atoms with Gasteiger partial charge in [0, 0.05) is 19.4 Å². The van der Waals surface area contributed by atoms with Crippen LogP contribution in [-0.4, -0.2) is 35.2 Å². The molecule has 0 spiro atoms. The SMILES string of the molecule is CC(=O)NC1CCOC(C)(C(=O)O)C1. The second-order valence-electron chi connectivity index (χ2n) is 3.77. The first kappa shape index (κ1) is 11.0. The van der Waals surface area contributed by atoms with Crippen LogP contribution in [0.25, 0.3) is 0 Å². The van der Waals surface area contributed by atoms with E-state index in [2.05, 4.69) is 5.32 Å². The van der Waals surface area contributed by atoms with Gasteiger partial charge in [-0.2, -0.15) is 0 Å². The predicted octanol–water partition coefficient (Wildman–Crippen LogP) is 0.145. The highest BCUT2D eigenvalue weighted by molar-refractivity contribution is 5.77. The summed E-state index contributed by atoms with van der Waals surface area (Å²) in [6.45, 7) is 3.32. The molecule has 0 saturated carbocycles. The van der Waals surface area contributed by atoms with Crippen LogP contribution in [0.2, 0.25) is 0 Å². The smallest absolute Gasteiger partial charge is 0.335 e. The van der Waals surface area contributed by atoms with Crippen LogP contribution in [0.5, 0.6) is 0 Å². The molecule has 1 aliphatic heterocycles. The zero-order valence-electron chi connectivity index (χ0n) is 8.37. The number of nitrogens with one attached hydrogen (secondary N) is 1. The van der Waals surface area contributed by atoms with Crippen molar-refractivity contribution in [3.8, 4) is 0 Å². The van der Waals surface area contributed by atoms with Gasteiger partial charge in [-0.25, -0.2) is 4.79 Å². The zero-order valence-corrected chi connectivity index (χ0v) is 8.37. The normalized spacial score (nSPS) is 32.3. The number of hydrogen-bond acceptors (Lipinski definition) is 3. The van der Waals surface area contributed by atoms with Gasteiger partial charge < -0.3 is 15.2 Å². The first-order valence-corrected chi connectivity index (χ1v) is 4.58. The third kappa shape index (κ3) is 2.45. The lowest BCUT2D eigenvalue weighted by Gasteiger charge is -2.35. The molecule has 0 aromatic rings. The number of aliphatic carboxylic acids is 1. The molecule has 0 aliphatic carbocycles.